The SMILES string of the molecule is CN(CC1CCCC1O)C(=O)/C=C/c1cnc2ccccc2n1. The first-order chi connectivity index (χ1) is 11.1. The van der Waals surface area contributed by atoms with Gasteiger partial charge in [0.05, 0.1) is 29.0 Å². The molecular formula is C18H21N3O2. The largest absolute Gasteiger partial charge is 0.393 e. The van der Waals surface area contributed by atoms with E-state index in [4.69, 9.17) is 0 Å². The van der Waals surface area contributed by atoms with Crippen molar-refractivity contribution in [2.75, 3.05) is 13.6 Å². The van der Waals surface area contributed by atoms with Gasteiger partial charge in [0.25, 0.3) is 0 Å². The number of aromatic nitrogens is 2. The van der Waals surface area contributed by atoms with Crippen LogP contribution in [0.5, 0.6) is 0 Å². The van der Waals surface area contributed by atoms with Crippen LogP contribution in [0.25, 0.3) is 17.1 Å². The topological polar surface area (TPSA) is 66.3 Å². The van der Waals surface area contributed by atoms with E-state index in [0.717, 1.165) is 30.3 Å². The number of benzene rings is 1. The highest BCUT2D eigenvalue weighted by molar-refractivity contribution is 5.91. The van der Waals surface area contributed by atoms with Crippen LogP contribution in [0.4, 0.5) is 0 Å². The van der Waals surface area contributed by atoms with Crippen LogP contribution in [0.15, 0.2) is 36.5 Å². The molecule has 0 radical (unpaired) electrons. The van der Waals surface area contributed by atoms with E-state index < -0.39 is 0 Å². The zero-order valence-corrected chi connectivity index (χ0v) is 13.2. The molecular weight excluding hydrogens is 290 g/mol. The average molecular weight is 311 g/mol. The van der Waals surface area contributed by atoms with Crippen molar-refractivity contribution in [2.45, 2.75) is 25.4 Å². The van der Waals surface area contributed by atoms with Gasteiger partial charge in [0.1, 0.15) is 0 Å². The molecule has 1 aromatic heterocycles. The first kappa shape index (κ1) is 15.6. The summed E-state index contributed by atoms with van der Waals surface area (Å²) in [6, 6.07) is 7.63. The fourth-order valence-corrected chi connectivity index (χ4v) is 3.01. The molecule has 2 aromatic rings. The van der Waals surface area contributed by atoms with Crippen LogP contribution in [0.1, 0.15) is 25.0 Å². The number of aliphatic hydroxyl groups is 1. The smallest absolute Gasteiger partial charge is 0.246 e. The third-order valence-electron chi connectivity index (χ3n) is 4.37. The van der Waals surface area contributed by atoms with Gasteiger partial charge >= 0.3 is 0 Å². The predicted molar refractivity (Wildman–Crippen MR) is 89.6 cm³/mol. The molecule has 1 aromatic carbocycles. The van der Waals surface area contributed by atoms with Crippen molar-refractivity contribution in [2.24, 2.45) is 5.92 Å². The number of carbonyl (C=O) groups excluding carboxylic acids is 1. The number of hydrogen-bond acceptors (Lipinski definition) is 4. The lowest BCUT2D eigenvalue weighted by molar-refractivity contribution is -0.125. The van der Waals surface area contributed by atoms with Crippen molar-refractivity contribution in [3.63, 3.8) is 0 Å². The molecule has 1 N–H and O–H groups in total. The van der Waals surface area contributed by atoms with Gasteiger partial charge in [-0.05, 0) is 31.1 Å². The molecule has 120 valence electrons. The van der Waals surface area contributed by atoms with Crippen molar-refractivity contribution in [1.29, 1.82) is 0 Å². The molecule has 3 rings (SSSR count). The van der Waals surface area contributed by atoms with Crippen LogP contribution in [0.2, 0.25) is 0 Å². The van der Waals surface area contributed by atoms with Crippen LogP contribution in [0.3, 0.4) is 0 Å². The van der Waals surface area contributed by atoms with Crippen molar-refractivity contribution in [3.8, 4) is 0 Å². The van der Waals surface area contributed by atoms with E-state index in [-0.39, 0.29) is 17.9 Å². The van der Waals surface area contributed by atoms with Crippen molar-refractivity contribution < 1.29 is 9.90 Å². The number of rotatable bonds is 4. The molecule has 1 aliphatic rings. The van der Waals surface area contributed by atoms with E-state index in [2.05, 4.69) is 9.97 Å². The third kappa shape index (κ3) is 3.74. The zero-order chi connectivity index (χ0) is 16.2. The number of aliphatic hydroxyl groups excluding tert-OH is 1. The number of carbonyl (C=O) groups is 1. The molecule has 5 heteroatoms. The second-order valence-electron chi connectivity index (χ2n) is 6.09. The highest BCUT2D eigenvalue weighted by Crippen LogP contribution is 2.26. The number of likely N-dealkylation sites (N-methyl/N-ethyl adjacent to an activating group) is 1. The normalized spacial score (nSPS) is 21.1. The van der Waals surface area contributed by atoms with E-state index in [1.54, 1.807) is 24.2 Å². The van der Waals surface area contributed by atoms with Crippen LogP contribution < -0.4 is 0 Å². The molecule has 1 fully saturated rings. The summed E-state index contributed by atoms with van der Waals surface area (Å²) in [5.74, 6) is 0.108. The Balaban J connectivity index is 1.64. The Hall–Kier alpha value is -2.27. The van der Waals surface area contributed by atoms with Gasteiger partial charge in [0.15, 0.2) is 0 Å². The number of para-hydroxylation sites is 2. The second kappa shape index (κ2) is 6.87. The van der Waals surface area contributed by atoms with Crippen molar-refractivity contribution in [1.82, 2.24) is 14.9 Å². The summed E-state index contributed by atoms with van der Waals surface area (Å²) in [5.41, 5.74) is 2.30. The Labute approximate surface area is 135 Å². The Morgan fingerprint density at radius 3 is 2.87 bits per heavy atom. The van der Waals surface area contributed by atoms with Gasteiger partial charge in [0, 0.05) is 25.6 Å². The number of fused-ring (bicyclic) bond motifs is 1. The van der Waals surface area contributed by atoms with Gasteiger partial charge in [-0.2, -0.15) is 0 Å². The molecule has 0 bridgehead atoms. The Morgan fingerprint density at radius 1 is 1.35 bits per heavy atom. The number of amides is 1. The summed E-state index contributed by atoms with van der Waals surface area (Å²) in [6.45, 7) is 0.591. The number of nitrogens with zero attached hydrogens (tertiary/aromatic N) is 3. The summed E-state index contributed by atoms with van der Waals surface area (Å²) in [4.78, 5) is 22.6. The summed E-state index contributed by atoms with van der Waals surface area (Å²) in [7, 11) is 1.77. The lowest BCUT2D eigenvalue weighted by Crippen LogP contribution is -2.33. The minimum atomic E-state index is -0.277. The van der Waals surface area contributed by atoms with Crippen LogP contribution >= 0.6 is 0 Å². The van der Waals surface area contributed by atoms with Gasteiger partial charge in [-0.1, -0.05) is 18.6 Å². The highest BCUT2D eigenvalue weighted by atomic mass is 16.3. The summed E-state index contributed by atoms with van der Waals surface area (Å²) in [5, 5.41) is 9.85. The summed E-state index contributed by atoms with van der Waals surface area (Å²) < 4.78 is 0. The minimum absolute atomic E-state index is 0.0842. The average Bonchev–Trinajstić information content (AvgIpc) is 2.97. The van der Waals surface area contributed by atoms with Gasteiger partial charge in [-0.25, -0.2) is 4.98 Å². The molecule has 5 nitrogen and oxygen atoms in total. The van der Waals surface area contributed by atoms with E-state index in [9.17, 15) is 9.90 Å². The predicted octanol–water partition coefficient (Wildman–Crippen LogP) is 2.26. The van der Waals surface area contributed by atoms with Gasteiger partial charge in [-0.3, -0.25) is 9.78 Å². The molecule has 2 atom stereocenters. The van der Waals surface area contributed by atoms with Crippen molar-refractivity contribution >= 4 is 23.0 Å². The van der Waals surface area contributed by atoms with Crippen LogP contribution in [-0.4, -0.2) is 45.6 Å². The first-order valence-corrected chi connectivity index (χ1v) is 7.96. The zero-order valence-electron chi connectivity index (χ0n) is 13.2. The first-order valence-electron chi connectivity index (χ1n) is 7.96. The maximum absolute atomic E-state index is 12.2. The molecule has 0 saturated heterocycles. The molecule has 1 saturated carbocycles. The van der Waals surface area contributed by atoms with E-state index in [0.29, 0.717) is 12.2 Å². The molecule has 23 heavy (non-hydrogen) atoms. The molecule has 2 unspecified atom stereocenters. The monoisotopic (exact) mass is 311 g/mol. The standard InChI is InChI=1S/C18H21N3O2/c1-21(12-13-5-4-8-17(13)22)18(23)10-9-14-11-19-15-6-2-3-7-16(15)20-14/h2-3,6-7,9-11,13,17,22H,4-5,8,12H2,1H3/b10-9+. The van der Waals surface area contributed by atoms with Crippen LogP contribution in [-0.2, 0) is 4.79 Å². The molecule has 1 heterocycles. The summed E-state index contributed by atoms with van der Waals surface area (Å²) >= 11 is 0. The minimum Gasteiger partial charge on any atom is -0.393 e. The van der Waals surface area contributed by atoms with E-state index >= 15 is 0 Å². The summed E-state index contributed by atoms with van der Waals surface area (Å²) in [6.07, 6.45) is 7.45. The Kier molecular flexibility index (Phi) is 4.67. The Bertz CT molecular complexity index is 729. The quantitative estimate of drug-likeness (QED) is 0.880. The second-order valence-corrected chi connectivity index (χ2v) is 6.09. The number of hydrogen-bond donors (Lipinski definition) is 1. The maximum atomic E-state index is 12.2. The molecule has 0 spiro atoms. The molecule has 1 amide bonds. The molecule has 0 aliphatic heterocycles. The fraction of sp³-hybridized carbons (Fsp3) is 0.389. The Morgan fingerprint density at radius 2 is 2.13 bits per heavy atom. The van der Waals surface area contributed by atoms with E-state index in [1.807, 2.05) is 24.3 Å². The lowest BCUT2D eigenvalue weighted by Gasteiger charge is -2.22. The lowest BCUT2D eigenvalue weighted by atomic mass is 10.1. The van der Waals surface area contributed by atoms with Crippen LogP contribution in [0, 0.1) is 5.92 Å². The van der Waals surface area contributed by atoms with Gasteiger partial charge in [0.2, 0.25) is 5.91 Å². The van der Waals surface area contributed by atoms with Gasteiger partial charge < -0.3 is 10.0 Å². The van der Waals surface area contributed by atoms with Gasteiger partial charge in [-0.15, -0.1) is 0 Å². The van der Waals surface area contributed by atoms with Crippen molar-refractivity contribution in [3.05, 3.63) is 42.2 Å². The third-order valence-corrected chi connectivity index (χ3v) is 4.37. The maximum Gasteiger partial charge on any atom is 0.246 e. The van der Waals surface area contributed by atoms with E-state index in [1.165, 1.54) is 6.08 Å². The highest BCUT2D eigenvalue weighted by Gasteiger charge is 2.26. The molecule has 1 aliphatic carbocycles. The fourth-order valence-electron chi connectivity index (χ4n) is 3.01.